The summed E-state index contributed by atoms with van der Waals surface area (Å²) in [5.74, 6) is 4.98. The maximum absolute atomic E-state index is 13.6. The lowest BCUT2D eigenvalue weighted by Gasteiger charge is -2.27. The van der Waals surface area contributed by atoms with Crippen molar-refractivity contribution in [3.05, 3.63) is 82.4 Å². The third-order valence-electron chi connectivity index (χ3n) is 5.58. The maximum Gasteiger partial charge on any atom is 0.145 e. The average Bonchev–Trinajstić information content (AvgIpc) is 2.72. The molecule has 148 valence electrons. The van der Waals surface area contributed by atoms with Crippen molar-refractivity contribution in [2.24, 2.45) is 5.92 Å². The molecule has 0 heterocycles. The minimum atomic E-state index is -0.873. The number of allylic oxidation sites excluding steroid dienone is 2. The number of aryl methyl sites for hydroxylation is 1. The SMILES string of the molecule is CCCc1ccc([C@H]2CC[C@H](/C=C/C#Cc3cc(F)c(C#N)c(F)c3)CC2)cc1. The molecule has 1 saturated carbocycles. The molecular weight excluding hydrogens is 364 g/mol. The summed E-state index contributed by atoms with van der Waals surface area (Å²) in [5.41, 5.74) is 2.52. The standard InChI is InChI=1S/C26H25F2N/c1-2-5-19-8-12-22(13-9-19)23-14-10-20(11-15-23)6-3-4-7-21-16-25(27)24(18-29)26(28)17-21/h3,6,8-9,12-13,16-17,20,23H,2,5,10-11,14-15H2,1H3/b6-3+/t20-,23-. The van der Waals surface area contributed by atoms with Crippen molar-refractivity contribution in [2.45, 2.75) is 51.4 Å². The summed E-state index contributed by atoms with van der Waals surface area (Å²) in [5, 5.41) is 8.70. The van der Waals surface area contributed by atoms with Crippen LogP contribution in [-0.4, -0.2) is 0 Å². The van der Waals surface area contributed by atoms with E-state index >= 15 is 0 Å². The van der Waals surface area contributed by atoms with Gasteiger partial charge in [-0.25, -0.2) is 8.78 Å². The number of benzene rings is 2. The van der Waals surface area contributed by atoms with E-state index in [9.17, 15) is 8.78 Å². The lowest BCUT2D eigenvalue weighted by molar-refractivity contribution is 0.376. The van der Waals surface area contributed by atoms with Crippen molar-refractivity contribution in [3.8, 4) is 17.9 Å². The normalized spacial score (nSPS) is 18.8. The first-order chi connectivity index (χ1) is 14.1. The zero-order valence-electron chi connectivity index (χ0n) is 16.7. The number of nitrogens with zero attached hydrogens (tertiary/aromatic N) is 1. The van der Waals surface area contributed by atoms with Crippen molar-refractivity contribution < 1.29 is 8.78 Å². The Labute approximate surface area is 172 Å². The maximum atomic E-state index is 13.6. The first kappa shape index (κ1) is 20.8. The first-order valence-electron chi connectivity index (χ1n) is 10.3. The molecule has 3 rings (SSSR count). The van der Waals surface area contributed by atoms with Gasteiger partial charge in [0.25, 0.3) is 0 Å². The van der Waals surface area contributed by atoms with Gasteiger partial charge in [-0.3, -0.25) is 0 Å². The smallest absolute Gasteiger partial charge is 0.145 e. The van der Waals surface area contributed by atoms with Crippen LogP contribution in [0, 0.1) is 40.7 Å². The van der Waals surface area contributed by atoms with Gasteiger partial charge in [0.15, 0.2) is 0 Å². The van der Waals surface area contributed by atoms with Gasteiger partial charge < -0.3 is 0 Å². The van der Waals surface area contributed by atoms with E-state index in [4.69, 9.17) is 5.26 Å². The van der Waals surface area contributed by atoms with E-state index in [-0.39, 0.29) is 5.56 Å². The Morgan fingerprint density at radius 3 is 2.28 bits per heavy atom. The van der Waals surface area contributed by atoms with Crippen LogP contribution in [0.4, 0.5) is 8.78 Å². The van der Waals surface area contributed by atoms with Crippen molar-refractivity contribution in [1.82, 2.24) is 0 Å². The monoisotopic (exact) mass is 389 g/mol. The highest BCUT2D eigenvalue weighted by molar-refractivity contribution is 5.43. The van der Waals surface area contributed by atoms with Crippen molar-refractivity contribution in [2.75, 3.05) is 0 Å². The Kier molecular flexibility index (Phi) is 7.20. The fourth-order valence-corrected chi connectivity index (χ4v) is 3.95. The Morgan fingerprint density at radius 2 is 1.69 bits per heavy atom. The van der Waals surface area contributed by atoms with Crippen LogP contribution in [0.5, 0.6) is 0 Å². The highest BCUT2D eigenvalue weighted by Crippen LogP contribution is 2.36. The summed E-state index contributed by atoms with van der Waals surface area (Å²) in [6.45, 7) is 2.20. The van der Waals surface area contributed by atoms with Crippen molar-refractivity contribution in [1.29, 1.82) is 5.26 Å². The summed E-state index contributed by atoms with van der Waals surface area (Å²) in [4.78, 5) is 0. The van der Waals surface area contributed by atoms with Gasteiger partial charge in [-0.2, -0.15) is 5.26 Å². The Hall–Kier alpha value is -2.91. The van der Waals surface area contributed by atoms with Gasteiger partial charge in [0.05, 0.1) is 0 Å². The Bertz CT molecular complexity index is 939. The van der Waals surface area contributed by atoms with Crippen LogP contribution in [0.2, 0.25) is 0 Å². The van der Waals surface area contributed by atoms with Gasteiger partial charge in [0.1, 0.15) is 23.3 Å². The van der Waals surface area contributed by atoms with Gasteiger partial charge in [-0.1, -0.05) is 55.5 Å². The fourth-order valence-electron chi connectivity index (χ4n) is 3.95. The lowest BCUT2D eigenvalue weighted by atomic mass is 9.78. The third-order valence-corrected chi connectivity index (χ3v) is 5.58. The summed E-state index contributed by atoms with van der Waals surface area (Å²) >= 11 is 0. The molecule has 0 bridgehead atoms. The third kappa shape index (κ3) is 5.55. The summed E-state index contributed by atoms with van der Waals surface area (Å²) in [6.07, 6.45) is 10.8. The molecule has 3 heteroatoms. The molecule has 0 spiro atoms. The molecule has 1 nitrogen and oxygen atoms in total. The second-order valence-electron chi connectivity index (χ2n) is 7.66. The van der Waals surface area contributed by atoms with Gasteiger partial charge in [0.2, 0.25) is 0 Å². The molecule has 0 aliphatic heterocycles. The molecule has 1 aliphatic rings. The molecule has 0 atom stereocenters. The second kappa shape index (κ2) is 10.0. The second-order valence-corrected chi connectivity index (χ2v) is 7.66. The topological polar surface area (TPSA) is 23.8 Å². The first-order valence-corrected chi connectivity index (χ1v) is 10.3. The molecule has 0 saturated heterocycles. The lowest BCUT2D eigenvalue weighted by Crippen LogP contribution is -2.11. The number of halogens is 2. The molecular formula is C26H25F2N. The molecule has 0 unspecified atom stereocenters. The van der Waals surface area contributed by atoms with E-state index in [0.717, 1.165) is 31.4 Å². The van der Waals surface area contributed by atoms with Crippen LogP contribution >= 0.6 is 0 Å². The summed E-state index contributed by atoms with van der Waals surface area (Å²) in [6, 6.07) is 12.8. The molecule has 0 aromatic heterocycles. The number of nitriles is 1. The largest absolute Gasteiger partial charge is 0.205 e. The molecule has 29 heavy (non-hydrogen) atoms. The van der Waals surface area contributed by atoms with Crippen LogP contribution in [0.3, 0.4) is 0 Å². The fraction of sp³-hybridized carbons (Fsp3) is 0.346. The molecule has 0 radical (unpaired) electrons. The van der Waals surface area contributed by atoms with E-state index in [1.807, 2.05) is 0 Å². The highest BCUT2D eigenvalue weighted by Gasteiger charge is 2.20. The molecule has 2 aromatic carbocycles. The summed E-state index contributed by atoms with van der Waals surface area (Å²) in [7, 11) is 0. The van der Waals surface area contributed by atoms with E-state index in [0.29, 0.717) is 11.8 Å². The van der Waals surface area contributed by atoms with Crippen molar-refractivity contribution >= 4 is 0 Å². The van der Waals surface area contributed by atoms with Crippen LogP contribution in [0.1, 0.15) is 67.2 Å². The predicted octanol–water partition coefficient (Wildman–Crippen LogP) is 6.67. The van der Waals surface area contributed by atoms with Crippen LogP contribution in [0.15, 0.2) is 48.6 Å². The van der Waals surface area contributed by atoms with E-state index in [1.165, 1.54) is 36.5 Å². The molecule has 1 aliphatic carbocycles. The van der Waals surface area contributed by atoms with Gasteiger partial charge in [-0.05, 0) is 73.3 Å². The molecule has 1 fully saturated rings. The van der Waals surface area contributed by atoms with E-state index in [2.05, 4.69) is 49.1 Å². The zero-order chi connectivity index (χ0) is 20.6. The Morgan fingerprint density at radius 1 is 1.03 bits per heavy atom. The quantitative estimate of drug-likeness (QED) is 0.536. The van der Waals surface area contributed by atoms with Crippen molar-refractivity contribution in [3.63, 3.8) is 0 Å². The number of hydrogen-bond donors (Lipinski definition) is 0. The number of rotatable bonds is 4. The Balaban J connectivity index is 1.53. The van der Waals surface area contributed by atoms with Crippen LogP contribution in [-0.2, 0) is 6.42 Å². The minimum absolute atomic E-state index is 0.235. The number of hydrogen-bond acceptors (Lipinski definition) is 1. The minimum Gasteiger partial charge on any atom is -0.205 e. The van der Waals surface area contributed by atoms with Gasteiger partial charge in [0, 0.05) is 5.56 Å². The molecule has 0 amide bonds. The molecule has 2 aromatic rings. The zero-order valence-corrected chi connectivity index (χ0v) is 16.7. The van der Waals surface area contributed by atoms with Gasteiger partial charge >= 0.3 is 0 Å². The van der Waals surface area contributed by atoms with Gasteiger partial charge in [-0.15, -0.1) is 0 Å². The average molecular weight is 389 g/mol. The summed E-state index contributed by atoms with van der Waals surface area (Å²) < 4.78 is 27.2. The predicted molar refractivity (Wildman–Crippen MR) is 112 cm³/mol. The molecule has 0 N–H and O–H groups in total. The van der Waals surface area contributed by atoms with Crippen LogP contribution < -0.4 is 0 Å². The van der Waals surface area contributed by atoms with E-state index < -0.39 is 17.2 Å². The van der Waals surface area contributed by atoms with E-state index in [1.54, 1.807) is 6.08 Å². The highest BCUT2D eigenvalue weighted by atomic mass is 19.1. The van der Waals surface area contributed by atoms with Crippen LogP contribution in [0.25, 0.3) is 0 Å².